The van der Waals surface area contributed by atoms with Gasteiger partial charge < -0.3 is 20.9 Å². The van der Waals surface area contributed by atoms with Crippen molar-refractivity contribution in [3.63, 3.8) is 0 Å². The van der Waals surface area contributed by atoms with E-state index in [0.29, 0.717) is 17.7 Å². The first-order valence-electron chi connectivity index (χ1n) is 14.4. The summed E-state index contributed by atoms with van der Waals surface area (Å²) in [5, 5.41) is 3.97. The number of amides is 4. The van der Waals surface area contributed by atoms with Crippen LogP contribution in [-0.2, 0) is 24.4 Å². The molecule has 2 fully saturated rings. The Morgan fingerprint density at radius 2 is 1.62 bits per heavy atom. The molecular formula is C30H33Cl2N5O6S2. The van der Waals surface area contributed by atoms with Gasteiger partial charge in [-0.3, -0.25) is 19.2 Å². The molecule has 45 heavy (non-hydrogen) atoms. The van der Waals surface area contributed by atoms with Crippen LogP contribution in [0.3, 0.4) is 0 Å². The van der Waals surface area contributed by atoms with Crippen LogP contribution in [0.1, 0.15) is 42.8 Å². The van der Waals surface area contributed by atoms with Crippen molar-refractivity contribution in [1.29, 1.82) is 0 Å². The summed E-state index contributed by atoms with van der Waals surface area (Å²) in [7, 11) is -4.33. The third kappa shape index (κ3) is 7.28. The van der Waals surface area contributed by atoms with Gasteiger partial charge in [-0.2, -0.15) is 4.72 Å². The molecule has 2 bridgehead atoms. The number of thiophene rings is 1. The lowest BCUT2D eigenvalue weighted by atomic mass is 10.0. The lowest BCUT2D eigenvalue weighted by Gasteiger charge is -2.37. The number of nitrogens with zero attached hydrogens (tertiary/aromatic N) is 2. The summed E-state index contributed by atoms with van der Waals surface area (Å²) in [6, 6.07) is 10.3. The maximum Gasteiger partial charge on any atom is 0.262 e. The highest BCUT2D eigenvalue weighted by atomic mass is 35.5. The van der Waals surface area contributed by atoms with Crippen molar-refractivity contribution in [2.75, 3.05) is 13.1 Å². The first-order valence-corrected chi connectivity index (χ1v) is 17.4. The van der Waals surface area contributed by atoms with E-state index in [1.54, 1.807) is 4.90 Å². The van der Waals surface area contributed by atoms with Gasteiger partial charge in [0.2, 0.25) is 27.7 Å². The third-order valence-corrected chi connectivity index (χ3v) is 11.3. The fraction of sp³-hybridized carbons (Fsp3) is 0.400. The second kappa shape index (κ2) is 13.2. The topological polar surface area (TPSA) is 159 Å². The molecule has 0 aliphatic carbocycles. The van der Waals surface area contributed by atoms with Crippen molar-refractivity contribution >= 4 is 78.3 Å². The van der Waals surface area contributed by atoms with E-state index in [9.17, 15) is 27.6 Å². The second-order valence-corrected chi connectivity index (χ2v) is 15.4. The fourth-order valence-electron chi connectivity index (χ4n) is 5.95. The monoisotopic (exact) mass is 693 g/mol. The highest BCUT2D eigenvalue weighted by Gasteiger charge is 2.49. The quantitative estimate of drug-likeness (QED) is 0.279. The molecule has 240 valence electrons. The number of sulfonamides is 1. The maximum absolute atomic E-state index is 13.8. The van der Waals surface area contributed by atoms with E-state index < -0.39 is 46.4 Å². The smallest absolute Gasteiger partial charge is 0.262 e. The number of piperazine rings is 1. The lowest BCUT2D eigenvalue weighted by Crippen LogP contribution is -2.59. The second-order valence-electron chi connectivity index (χ2n) is 11.7. The number of hydrogen-bond acceptors (Lipinski definition) is 7. The molecule has 1 unspecified atom stereocenters. The van der Waals surface area contributed by atoms with Crippen molar-refractivity contribution in [2.45, 2.75) is 62.2 Å². The summed E-state index contributed by atoms with van der Waals surface area (Å²) in [6.07, 6.45) is 0.344. The predicted octanol–water partition coefficient (Wildman–Crippen LogP) is 3.39. The Bertz CT molecular complexity index is 1730. The maximum atomic E-state index is 13.8. The number of primary amides is 1. The van der Waals surface area contributed by atoms with Crippen LogP contribution in [-0.4, -0.2) is 79.1 Å². The van der Waals surface area contributed by atoms with E-state index in [1.807, 2.05) is 44.2 Å². The van der Waals surface area contributed by atoms with Crippen molar-refractivity contribution in [1.82, 2.24) is 19.8 Å². The largest absolute Gasteiger partial charge is 0.370 e. The number of hydrogen-bond donors (Lipinski definition) is 3. The Morgan fingerprint density at radius 1 is 0.978 bits per heavy atom. The minimum Gasteiger partial charge on any atom is -0.370 e. The zero-order valence-electron chi connectivity index (χ0n) is 24.5. The number of carbonyl (C=O) groups is 4. The van der Waals surface area contributed by atoms with Crippen LogP contribution in [0, 0.1) is 5.92 Å². The molecule has 3 aromatic rings. The van der Waals surface area contributed by atoms with Crippen LogP contribution >= 0.6 is 34.5 Å². The van der Waals surface area contributed by atoms with E-state index in [-0.39, 0.29) is 51.8 Å². The molecule has 0 spiro atoms. The average Bonchev–Trinajstić information content (AvgIpc) is 3.69. The molecule has 3 heterocycles. The molecule has 5 rings (SSSR count). The van der Waals surface area contributed by atoms with Gasteiger partial charge in [0, 0.05) is 22.8 Å². The molecule has 0 saturated carbocycles. The van der Waals surface area contributed by atoms with Crippen molar-refractivity contribution in [2.24, 2.45) is 11.7 Å². The molecule has 4 N–H and O–H groups in total. The van der Waals surface area contributed by atoms with Gasteiger partial charge in [-0.05, 0) is 54.5 Å². The van der Waals surface area contributed by atoms with Crippen LogP contribution < -0.4 is 15.8 Å². The number of carbonyl (C=O) groups excluding carboxylic acids is 4. The molecule has 0 radical (unpaired) electrons. The number of likely N-dealkylation sites (tertiary alicyclic amines) is 2. The molecule has 1 aromatic heterocycles. The van der Waals surface area contributed by atoms with Gasteiger partial charge in [-0.15, -0.1) is 11.3 Å². The normalized spacial score (nSPS) is 19.2. The molecule has 15 heteroatoms. The number of fused-ring (bicyclic) bond motifs is 3. The molecule has 2 saturated heterocycles. The Labute approximate surface area is 275 Å². The average molecular weight is 695 g/mol. The van der Waals surface area contributed by atoms with Crippen LogP contribution in [0.15, 0.2) is 53.4 Å². The van der Waals surface area contributed by atoms with E-state index in [0.717, 1.165) is 10.1 Å². The van der Waals surface area contributed by atoms with Gasteiger partial charge in [0.15, 0.2) is 0 Å². The van der Waals surface area contributed by atoms with Gasteiger partial charge >= 0.3 is 0 Å². The zero-order valence-corrected chi connectivity index (χ0v) is 27.7. The number of nitrogens with one attached hydrogen (secondary N) is 2. The SMILES string of the molecule is CC(C)CC(NC(=O)c1cc2ccccc2s1)C(=O)N1C[C@@H]2C[C@H]1CN2C(=O)[C@H](CC(N)=O)NS(=O)(=O)c1ccc(Cl)cc1Cl. The highest BCUT2D eigenvalue weighted by molar-refractivity contribution is 7.89. The van der Waals surface area contributed by atoms with Crippen LogP contribution in [0.4, 0.5) is 0 Å². The van der Waals surface area contributed by atoms with Gasteiger partial charge in [0.25, 0.3) is 5.91 Å². The van der Waals surface area contributed by atoms with E-state index in [4.69, 9.17) is 28.9 Å². The standard InChI is InChI=1S/C30H33Cl2N5O6S2/c1-16(2)9-22(34-28(39)25-10-17-5-3-4-6-24(17)44-25)29(40)36-14-20-12-19(36)15-37(20)30(41)23(13-27(33)38)35-45(42,43)26-8-7-18(31)11-21(26)32/h3-8,10-11,16,19-20,22-23,35H,9,12-15H2,1-2H3,(H2,33,38)(H,34,39)/t19-,20-,22?,23-/m0/s1. The van der Waals surface area contributed by atoms with Gasteiger partial charge in [-0.1, -0.05) is 55.2 Å². The summed E-state index contributed by atoms with van der Waals surface area (Å²) in [4.78, 5) is 55.9. The highest BCUT2D eigenvalue weighted by Crippen LogP contribution is 2.33. The number of benzene rings is 2. The Morgan fingerprint density at radius 3 is 2.20 bits per heavy atom. The minimum atomic E-state index is -4.33. The summed E-state index contributed by atoms with van der Waals surface area (Å²) in [5.41, 5.74) is 5.38. The number of rotatable bonds is 11. The Hall–Kier alpha value is -3.23. The molecule has 11 nitrogen and oxygen atoms in total. The first-order chi connectivity index (χ1) is 21.2. The summed E-state index contributed by atoms with van der Waals surface area (Å²) < 4.78 is 29.5. The summed E-state index contributed by atoms with van der Waals surface area (Å²) in [6.45, 7) is 4.30. The van der Waals surface area contributed by atoms with E-state index in [2.05, 4.69) is 10.0 Å². The Kier molecular flexibility index (Phi) is 9.76. The van der Waals surface area contributed by atoms with Crippen LogP contribution in [0.25, 0.3) is 10.1 Å². The third-order valence-electron chi connectivity index (χ3n) is 7.95. The van der Waals surface area contributed by atoms with Crippen molar-refractivity contribution in [3.05, 3.63) is 63.5 Å². The lowest BCUT2D eigenvalue weighted by molar-refractivity contribution is -0.142. The van der Waals surface area contributed by atoms with Crippen molar-refractivity contribution in [3.8, 4) is 0 Å². The summed E-state index contributed by atoms with van der Waals surface area (Å²) >= 11 is 13.3. The fourth-order valence-corrected chi connectivity index (χ4v) is 8.88. The molecule has 2 aliphatic heterocycles. The van der Waals surface area contributed by atoms with Gasteiger partial charge in [-0.25, -0.2) is 8.42 Å². The first kappa shape index (κ1) is 33.1. The molecule has 2 aliphatic rings. The molecule has 4 amide bonds. The number of halogens is 2. The van der Waals surface area contributed by atoms with E-state index in [1.165, 1.54) is 34.4 Å². The summed E-state index contributed by atoms with van der Waals surface area (Å²) in [5.74, 6) is -1.93. The molecule has 2 aromatic carbocycles. The molecular weight excluding hydrogens is 661 g/mol. The van der Waals surface area contributed by atoms with Gasteiger partial charge in [0.1, 0.15) is 17.0 Å². The van der Waals surface area contributed by atoms with Gasteiger partial charge in [0.05, 0.1) is 28.4 Å². The zero-order chi connectivity index (χ0) is 32.6. The predicted molar refractivity (Wildman–Crippen MR) is 173 cm³/mol. The van der Waals surface area contributed by atoms with E-state index >= 15 is 0 Å². The minimum absolute atomic E-state index is 0.122. The van der Waals surface area contributed by atoms with Crippen LogP contribution in [0.2, 0.25) is 10.0 Å². The number of nitrogens with two attached hydrogens (primary N) is 1. The molecule has 4 atom stereocenters. The van der Waals surface area contributed by atoms with Crippen molar-refractivity contribution < 1.29 is 27.6 Å². The van der Waals surface area contributed by atoms with Crippen LogP contribution in [0.5, 0.6) is 0 Å². The Balaban J connectivity index is 1.28.